The second-order valence-corrected chi connectivity index (χ2v) is 8.62. The van der Waals surface area contributed by atoms with E-state index >= 15 is 0 Å². The van der Waals surface area contributed by atoms with Crippen molar-refractivity contribution in [2.45, 2.75) is 50.7 Å². The summed E-state index contributed by atoms with van der Waals surface area (Å²) in [7, 11) is 0. The fraction of sp³-hybridized carbons (Fsp3) is 0.400. The third kappa shape index (κ3) is 5.93. The molecule has 0 spiro atoms. The summed E-state index contributed by atoms with van der Waals surface area (Å²) < 4.78 is 41.0. The fourth-order valence-corrected chi connectivity index (χ4v) is 4.63. The zero-order valence-electron chi connectivity index (χ0n) is 19.0. The van der Waals surface area contributed by atoms with Crippen LogP contribution in [0, 0.1) is 0 Å². The van der Waals surface area contributed by atoms with E-state index < -0.39 is 30.1 Å². The number of rotatable bonds is 6. The summed E-state index contributed by atoms with van der Waals surface area (Å²) in [6.45, 7) is 1.15. The van der Waals surface area contributed by atoms with Gasteiger partial charge in [0.2, 0.25) is 11.8 Å². The van der Waals surface area contributed by atoms with Crippen LogP contribution in [0.3, 0.4) is 0 Å². The lowest BCUT2D eigenvalue weighted by Crippen LogP contribution is -2.52. The molecule has 7 nitrogen and oxygen atoms in total. The van der Waals surface area contributed by atoms with Crippen molar-refractivity contribution in [3.63, 3.8) is 0 Å². The lowest BCUT2D eigenvalue weighted by atomic mass is 10.1. The van der Waals surface area contributed by atoms with Gasteiger partial charge in [-0.2, -0.15) is 0 Å². The molecule has 186 valence electrons. The van der Waals surface area contributed by atoms with Crippen molar-refractivity contribution in [1.82, 2.24) is 15.1 Å². The van der Waals surface area contributed by atoms with Crippen LogP contribution >= 0.6 is 0 Å². The number of likely N-dealkylation sites (tertiary alicyclic amines) is 2. The minimum Gasteiger partial charge on any atom is -0.406 e. The molecule has 2 aromatic carbocycles. The van der Waals surface area contributed by atoms with Crippen molar-refractivity contribution in [1.29, 1.82) is 0 Å². The molecule has 2 atom stereocenters. The first-order valence-electron chi connectivity index (χ1n) is 11.5. The van der Waals surface area contributed by atoms with Crippen molar-refractivity contribution in [3.8, 4) is 5.75 Å². The quantitative estimate of drug-likeness (QED) is 0.674. The molecule has 0 aromatic heterocycles. The average Bonchev–Trinajstić information content (AvgIpc) is 3.52. The summed E-state index contributed by atoms with van der Waals surface area (Å²) in [6, 6.07) is 12.8. The van der Waals surface area contributed by atoms with Gasteiger partial charge in [-0.25, -0.2) is 0 Å². The standard InChI is InChI=1S/C25H26F3N3O4/c26-25(27,28)35-19-12-10-18(11-13-19)23(33)31-15-5-9-21(31)24(34)30-14-4-8-20(30)22(32)29-16-17-6-2-1-3-7-17/h1-3,6-7,10-13,20-21H,4-5,8-9,14-16H2,(H,29,32)/t20-,21-/m1/s1. The normalized spacial score (nSPS) is 20.1. The molecule has 4 rings (SSSR count). The van der Waals surface area contributed by atoms with Crippen molar-refractivity contribution < 1.29 is 32.3 Å². The van der Waals surface area contributed by atoms with E-state index in [4.69, 9.17) is 0 Å². The van der Waals surface area contributed by atoms with E-state index in [0.29, 0.717) is 45.3 Å². The summed E-state index contributed by atoms with van der Waals surface area (Å²) in [6.07, 6.45) is -2.49. The van der Waals surface area contributed by atoms with E-state index in [-0.39, 0.29) is 17.4 Å². The number of benzene rings is 2. The predicted octanol–water partition coefficient (Wildman–Crippen LogP) is 3.50. The molecule has 2 saturated heterocycles. The molecule has 0 unspecified atom stereocenters. The Kier molecular flexibility index (Phi) is 7.28. The van der Waals surface area contributed by atoms with Crippen LogP contribution < -0.4 is 10.1 Å². The van der Waals surface area contributed by atoms with Gasteiger partial charge >= 0.3 is 6.36 Å². The maximum absolute atomic E-state index is 13.4. The molecule has 0 saturated carbocycles. The van der Waals surface area contributed by atoms with Crippen molar-refractivity contribution in [2.75, 3.05) is 13.1 Å². The summed E-state index contributed by atoms with van der Waals surface area (Å²) in [5.41, 5.74) is 1.12. The maximum atomic E-state index is 13.4. The number of hydrogen-bond acceptors (Lipinski definition) is 4. The van der Waals surface area contributed by atoms with Crippen LogP contribution in [0.2, 0.25) is 0 Å². The minimum absolute atomic E-state index is 0.165. The number of carbonyl (C=O) groups is 3. The smallest absolute Gasteiger partial charge is 0.406 e. The Labute approximate surface area is 200 Å². The Morgan fingerprint density at radius 1 is 0.886 bits per heavy atom. The van der Waals surface area contributed by atoms with Gasteiger partial charge in [-0.05, 0) is 55.5 Å². The third-order valence-electron chi connectivity index (χ3n) is 6.28. The van der Waals surface area contributed by atoms with Crippen LogP contribution in [0.1, 0.15) is 41.6 Å². The third-order valence-corrected chi connectivity index (χ3v) is 6.28. The number of ether oxygens (including phenoxy) is 1. The van der Waals surface area contributed by atoms with Crippen LogP contribution in [0.5, 0.6) is 5.75 Å². The predicted molar refractivity (Wildman–Crippen MR) is 120 cm³/mol. The number of hydrogen-bond donors (Lipinski definition) is 1. The Morgan fingerprint density at radius 2 is 1.51 bits per heavy atom. The average molecular weight is 489 g/mol. The molecule has 2 aromatic rings. The van der Waals surface area contributed by atoms with Crippen LogP contribution in [0.4, 0.5) is 13.2 Å². The molecular weight excluding hydrogens is 463 g/mol. The van der Waals surface area contributed by atoms with Crippen LogP contribution in [-0.4, -0.2) is 59.1 Å². The van der Waals surface area contributed by atoms with E-state index in [1.807, 2.05) is 30.3 Å². The monoisotopic (exact) mass is 489 g/mol. The van der Waals surface area contributed by atoms with Gasteiger partial charge in [0.1, 0.15) is 17.8 Å². The number of nitrogens with one attached hydrogen (secondary N) is 1. The zero-order chi connectivity index (χ0) is 25.0. The zero-order valence-corrected chi connectivity index (χ0v) is 19.0. The lowest BCUT2D eigenvalue weighted by molar-refractivity contribution is -0.274. The number of alkyl halides is 3. The Bertz CT molecular complexity index is 1060. The van der Waals surface area contributed by atoms with Crippen LogP contribution in [-0.2, 0) is 16.1 Å². The number of halogens is 3. The minimum atomic E-state index is -4.82. The lowest BCUT2D eigenvalue weighted by Gasteiger charge is -2.31. The molecule has 2 aliphatic heterocycles. The van der Waals surface area contributed by atoms with E-state index in [1.165, 1.54) is 17.0 Å². The highest BCUT2D eigenvalue weighted by molar-refractivity contribution is 5.99. The van der Waals surface area contributed by atoms with Gasteiger partial charge in [-0.15, -0.1) is 13.2 Å². The molecular formula is C25H26F3N3O4. The SMILES string of the molecule is O=C(NCc1ccccc1)[C@H]1CCCN1C(=O)[C@H]1CCCN1C(=O)c1ccc(OC(F)(F)F)cc1. The van der Waals surface area contributed by atoms with Gasteiger partial charge in [0.25, 0.3) is 5.91 Å². The van der Waals surface area contributed by atoms with E-state index in [2.05, 4.69) is 10.1 Å². The molecule has 2 fully saturated rings. The van der Waals surface area contributed by atoms with Crippen molar-refractivity contribution in [2.24, 2.45) is 0 Å². The summed E-state index contributed by atoms with van der Waals surface area (Å²) >= 11 is 0. The molecule has 2 heterocycles. The molecule has 1 N–H and O–H groups in total. The second kappa shape index (κ2) is 10.4. The largest absolute Gasteiger partial charge is 0.573 e. The van der Waals surface area contributed by atoms with E-state index in [0.717, 1.165) is 17.7 Å². The van der Waals surface area contributed by atoms with Gasteiger partial charge in [-0.1, -0.05) is 30.3 Å². The molecule has 35 heavy (non-hydrogen) atoms. The number of nitrogens with zero attached hydrogens (tertiary/aromatic N) is 2. The maximum Gasteiger partial charge on any atom is 0.573 e. The highest BCUT2D eigenvalue weighted by atomic mass is 19.4. The first-order valence-corrected chi connectivity index (χ1v) is 11.5. The van der Waals surface area contributed by atoms with Gasteiger partial charge < -0.3 is 19.9 Å². The van der Waals surface area contributed by atoms with Crippen molar-refractivity contribution >= 4 is 17.7 Å². The Morgan fingerprint density at radius 3 is 2.17 bits per heavy atom. The van der Waals surface area contributed by atoms with Crippen molar-refractivity contribution in [3.05, 3.63) is 65.7 Å². The molecule has 0 bridgehead atoms. The van der Waals surface area contributed by atoms with Gasteiger partial charge in [0, 0.05) is 25.2 Å². The second-order valence-electron chi connectivity index (χ2n) is 8.62. The van der Waals surface area contributed by atoms with Gasteiger partial charge in [0.15, 0.2) is 0 Å². The Hall–Kier alpha value is -3.56. The first kappa shape index (κ1) is 24.6. The molecule has 2 aliphatic rings. The summed E-state index contributed by atoms with van der Waals surface area (Å²) in [5, 5.41) is 2.89. The first-order chi connectivity index (χ1) is 16.7. The van der Waals surface area contributed by atoms with Gasteiger partial charge in [-0.3, -0.25) is 14.4 Å². The van der Waals surface area contributed by atoms with E-state index in [9.17, 15) is 27.6 Å². The molecule has 10 heteroatoms. The Balaban J connectivity index is 1.40. The van der Waals surface area contributed by atoms with E-state index in [1.54, 1.807) is 4.90 Å². The molecule has 3 amide bonds. The highest BCUT2D eigenvalue weighted by Gasteiger charge is 2.42. The molecule has 0 aliphatic carbocycles. The highest BCUT2D eigenvalue weighted by Crippen LogP contribution is 2.28. The summed E-state index contributed by atoms with van der Waals surface area (Å²) in [4.78, 5) is 42.3. The summed E-state index contributed by atoms with van der Waals surface area (Å²) in [5.74, 6) is -1.37. The van der Waals surface area contributed by atoms with Crippen LogP contribution in [0.25, 0.3) is 0 Å². The molecule has 0 radical (unpaired) electrons. The number of carbonyl (C=O) groups excluding carboxylic acids is 3. The number of amides is 3. The fourth-order valence-electron chi connectivity index (χ4n) is 4.63. The van der Waals surface area contributed by atoms with Gasteiger partial charge in [0.05, 0.1) is 0 Å². The van der Waals surface area contributed by atoms with Crippen LogP contribution in [0.15, 0.2) is 54.6 Å². The topological polar surface area (TPSA) is 79.0 Å².